The maximum Gasteiger partial charge on any atom is 0.246 e. The minimum Gasteiger partial charge on any atom is -0.356 e. The van der Waals surface area contributed by atoms with Crippen LogP contribution in [0, 0.1) is 0 Å². The summed E-state index contributed by atoms with van der Waals surface area (Å²) in [5, 5.41) is 2.65. The Balaban J connectivity index is 1.31. The number of alkyl halides is 2. The first kappa shape index (κ1) is 24.1. The van der Waals surface area contributed by atoms with Crippen molar-refractivity contribution >= 4 is 17.5 Å². The molecule has 2 aromatic rings. The quantitative estimate of drug-likeness (QED) is 0.610. The van der Waals surface area contributed by atoms with E-state index in [2.05, 4.69) is 42.8 Å². The number of likely N-dealkylation sites (tertiary alicyclic amines) is 1. The molecule has 0 saturated carbocycles. The molecule has 0 aliphatic carbocycles. The van der Waals surface area contributed by atoms with E-state index in [1.807, 2.05) is 0 Å². The summed E-state index contributed by atoms with van der Waals surface area (Å²) in [6, 6.07) is 0. The molecule has 0 aromatic carbocycles. The molecule has 2 saturated heterocycles. The second kappa shape index (κ2) is 10.6. The van der Waals surface area contributed by atoms with Gasteiger partial charge in [0.1, 0.15) is 23.8 Å². The molecule has 1 atom stereocenters. The monoisotopic (exact) mass is 487 g/mol. The third-order valence-corrected chi connectivity index (χ3v) is 7.58. The van der Waals surface area contributed by atoms with E-state index in [9.17, 15) is 13.6 Å². The fourth-order valence-electron chi connectivity index (χ4n) is 5.75. The van der Waals surface area contributed by atoms with E-state index in [1.165, 1.54) is 32.3 Å². The molecule has 190 valence electrons. The minimum absolute atomic E-state index is 0.223. The number of aromatic nitrogens is 4. The molecule has 0 spiro atoms. The zero-order valence-electron chi connectivity index (χ0n) is 20.4. The topological polar surface area (TPSA) is 79.2 Å². The molecule has 0 unspecified atom stereocenters. The van der Waals surface area contributed by atoms with Crippen molar-refractivity contribution < 1.29 is 13.6 Å². The highest BCUT2D eigenvalue weighted by Crippen LogP contribution is 2.41. The highest BCUT2D eigenvalue weighted by Gasteiger charge is 2.37. The maximum absolute atomic E-state index is 13.8. The predicted octanol–water partition coefficient (Wildman–Crippen LogP) is 3.80. The van der Waals surface area contributed by atoms with E-state index in [1.54, 1.807) is 0 Å². The van der Waals surface area contributed by atoms with E-state index in [-0.39, 0.29) is 12.2 Å². The normalized spacial score (nSPS) is 21.5. The van der Waals surface area contributed by atoms with Gasteiger partial charge in [0.05, 0.1) is 11.6 Å². The Morgan fingerprint density at radius 2 is 1.89 bits per heavy atom. The van der Waals surface area contributed by atoms with Crippen molar-refractivity contribution in [3.63, 3.8) is 0 Å². The molecule has 5 rings (SSSR count). The van der Waals surface area contributed by atoms with Crippen LogP contribution in [0.3, 0.4) is 0 Å². The number of imidazole rings is 1. The van der Waals surface area contributed by atoms with Crippen molar-refractivity contribution in [2.75, 3.05) is 42.9 Å². The number of anilines is 2. The Bertz CT molecular complexity index is 1030. The number of amides is 1. The van der Waals surface area contributed by atoms with Gasteiger partial charge >= 0.3 is 0 Å². The smallest absolute Gasteiger partial charge is 0.246 e. The van der Waals surface area contributed by atoms with E-state index < -0.39 is 18.3 Å². The van der Waals surface area contributed by atoms with E-state index in [0.29, 0.717) is 30.4 Å². The van der Waals surface area contributed by atoms with Crippen molar-refractivity contribution in [2.24, 2.45) is 0 Å². The van der Waals surface area contributed by atoms with Gasteiger partial charge in [0.15, 0.2) is 0 Å². The number of aryl methyl sites for hydroxylation is 1. The lowest BCUT2D eigenvalue weighted by molar-refractivity contribution is -0.117. The molecule has 10 heteroatoms. The molecule has 5 heterocycles. The molecule has 3 aliphatic heterocycles. The van der Waals surface area contributed by atoms with Crippen LogP contribution in [-0.4, -0.2) is 69.5 Å². The Morgan fingerprint density at radius 3 is 2.60 bits per heavy atom. The summed E-state index contributed by atoms with van der Waals surface area (Å²) in [7, 11) is 0. The molecule has 1 N–H and O–H groups in total. The van der Waals surface area contributed by atoms with Gasteiger partial charge in [-0.15, -0.1) is 0 Å². The molecule has 1 amide bonds. The Hall–Kier alpha value is -2.62. The van der Waals surface area contributed by atoms with Gasteiger partial charge < -0.3 is 19.7 Å². The zero-order chi connectivity index (χ0) is 24.4. The summed E-state index contributed by atoms with van der Waals surface area (Å²) >= 11 is 0. The zero-order valence-corrected chi connectivity index (χ0v) is 20.4. The summed E-state index contributed by atoms with van der Waals surface area (Å²) < 4.78 is 30.0. The molecule has 3 aliphatic rings. The second-order valence-electron chi connectivity index (χ2n) is 10.00. The maximum atomic E-state index is 13.8. The van der Waals surface area contributed by atoms with Gasteiger partial charge in [-0.25, -0.2) is 23.7 Å². The van der Waals surface area contributed by atoms with Crippen LogP contribution in [0.5, 0.6) is 0 Å². The first-order chi connectivity index (χ1) is 17.0. The summed E-state index contributed by atoms with van der Waals surface area (Å²) in [4.78, 5) is 30.0. The van der Waals surface area contributed by atoms with Gasteiger partial charge in [-0.3, -0.25) is 4.79 Å². The third-order valence-electron chi connectivity index (χ3n) is 7.58. The lowest BCUT2D eigenvalue weighted by Gasteiger charge is -2.36. The summed E-state index contributed by atoms with van der Waals surface area (Å²) in [5.41, 5.74) is 1.53. The highest BCUT2D eigenvalue weighted by atomic mass is 19.3. The van der Waals surface area contributed by atoms with Crippen LogP contribution in [-0.2, 0) is 17.8 Å². The van der Waals surface area contributed by atoms with E-state index >= 15 is 0 Å². The third kappa shape index (κ3) is 5.17. The Kier molecular flexibility index (Phi) is 7.27. The average Bonchev–Trinajstić information content (AvgIpc) is 3.52. The lowest BCUT2D eigenvalue weighted by Crippen LogP contribution is -2.37. The number of fused-ring (bicyclic) bond motifs is 1. The Morgan fingerprint density at radius 1 is 1.11 bits per heavy atom. The standard InChI is InChI=1S/C25H35F2N7O/c1-2-5-18-15-34(13-12-32-8-3-4-9-32)24(30-18)17-6-10-33(11-7-17)25-21-19(22(26)27)14-20(35)31-23(21)28-16-29-25/h15-17,19,22H,2-14H2,1H3,(H,28,29,31,35)/t19-/m1/s1. The number of hydrogen-bond acceptors (Lipinski definition) is 6. The summed E-state index contributed by atoms with van der Waals surface area (Å²) in [5.74, 6) is 0.653. The molecular weight excluding hydrogens is 452 g/mol. The van der Waals surface area contributed by atoms with Crippen LogP contribution in [0.1, 0.15) is 74.4 Å². The first-order valence-electron chi connectivity index (χ1n) is 13.0. The number of halogens is 2. The SMILES string of the molecule is CCCc1cn(CCN2CCCC2)c(C2CCN(c3ncnc4c3[C@H](C(F)F)CC(=O)N4)CC2)n1. The van der Waals surface area contributed by atoms with E-state index in [0.717, 1.165) is 50.3 Å². The van der Waals surface area contributed by atoms with Crippen molar-refractivity contribution in [2.45, 2.75) is 76.7 Å². The number of carbonyl (C=O) groups excluding carboxylic acids is 1. The fourth-order valence-corrected chi connectivity index (χ4v) is 5.75. The molecule has 35 heavy (non-hydrogen) atoms. The largest absolute Gasteiger partial charge is 0.356 e. The van der Waals surface area contributed by atoms with Crippen molar-refractivity contribution in [3.8, 4) is 0 Å². The van der Waals surface area contributed by atoms with Crippen LogP contribution < -0.4 is 10.2 Å². The number of hydrogen-bond donors (Lipinski definition) is 1. The molecular formula is C25H35F2N7O. The van der Waals surface area contributed by atoms with Crippen LogP contribution in [0.15, 0.2) is 12.5 Å². The van der Waals surface area contributed by atoms with Gasteiger partial charge in [0.2, 0.25) is 12.3 Å². The first-order valence-corrected chi connectivity index (χ1v) is 13.0. The number of nitrogens with zero attached hydrogens (tertiary/aromatic N) is 6. The number of piperidine rings is 1. The van der Waals surface area contributed by atoms with Gasteiger partial charge in [-0.05, 0) is 45.2 Å². The number of carbonyl (C=O) groups is 1. The molecule has 0 radical (unpaired) electrons. The molecule has 8 nitrogen and oxygen atoms in total. The van der Waals surface area contributed by atoms with Gasteiger partial charge in [-0.2, -0.15) is 0 Å². The van der Waals surface area contributed by atoms with Crippen LogP contribution in [0.4, 0.5) is 20.4 Å². The summed E-state index contributed by atoms with van der Waals surface area (Å²) in [6.07, 6.45) is 7.12. The van der Waals surface area contributed by atoms with Crippen LogP contribution in [0.25, 0.3) is 0 Å². The minimum atomic E-state index is -2.64. The number of nitrogens with one attached hydrogen (secondary N) is 1. The predicted molar refractivity (Wildman–Crippen MR) is 130 cm³/mol. The summed E-state index contributed by atoms with van der Waals surface area (Å²) in [6.45, 7) is 7.99. The van der Waals surface area contributed by atoms with Gasteiger partial charge in [0.25, 0.3) is 0 Å². The molecule has 2 aromatic heterocycles. The molecule has 2 fully saturated rings. The van der Waals surface area contributed by atoms with Crippen molar-refractivity contribution in [1.82, 2.24) is 24.4 Å². The van der Waals surface area contributed by atoms with Gasteiger partial charge in [-0.1, -0.05) is 13.3 Å². The number of rotatable bonds is 8. The van der Waals surface area contributed by atoms with Crippen molar-refractivity contribution in [1.29, 1.82) is 0 Å². The van der Waals surface area contributed by atoms with Crippen molar-refractivity contribution in [3.05, 3.63) is 29.6 Å². The van der Waals surface area contributed by atoms with Crippen LogP contribution in [0.2, 0.25) is 0 Å². The lowest BCUT2D eigenvalue weighted by atomic mass is 9.91. The van der Waals surface area contributed by atoms with E-state index in [4.69, 9.17) is 4.98 Å². The van der Waals surface area contributed by atoms with Gasteiger partial charge in [0, 0.05) is 50.3 Å². The Labute approximate surface area is 205 Å². The molecule has 0 bridgehead atoms. The average molecular weight is 488 g/mol. The van der Waals surface area contributed by atoms with Crippen LogP contribution >= 0.6 is 0 Å². The highest BCUT2D eigenvalue weighted by molar-refractivity contribution is 5.94. The second-order valence-corrected chi connectivity index (χ2v) is 10.00. The fraction of sp³-hybridized carbons (Fsp3) is 0.680.